The second kappa shape index (κ2) is 10.1. The minimum absolute atomic E-state index is 0.339. The fourth-order valence-electron chi connectivity index (χ4n) is 4.25. The van der Waals surface area contributed by atoms with Crippen LogP contribution < -0.4 is 5.32 Å². The normalized spacial score (nSPS) is 13.7. The maximum atomic E-state index is 11.7. The highest BCUT2D eigenvalue weighted by atomic mass is 35.5. The zero-order valence-corrected chi connectivity index (χ0v) is 21.4. The van der Waals surface area contributed by atoms with Crippen molar-refractivity contribution >= 4 is 57.7 Å². The van der Waals surface area contributed by atoms with E-state index in [4.69, 9.17) is 23.2 Å². The molecule has 6 nitrogen and oxygen atoms in total. The molecule has 0 saturated heterocycles. The number of carboxylic acids is 1. The summed E-state index contributed by atoms with van der Waals surface area (Å²) in [6.45, 7) is 3.35. The predicted octanol–water partition coefficient (Wildman–Crippen LogP) is 7.17. The minimum Gasteiger partial charge on any atom is -0.478 e. The minimum atomic E-state index is -0.905. The number of aryl methyl sites for hydroxylation is 1. The number of aromatic nitrogens is 3. The fourth-order valence-corrected chi connectivity index (χ4v) is 6.13. The summed E-state index contributed by atoms with van der Waals surface area (Å²) in [5.41, 5.74) is 3.96. The molecule has 2 heterocycles. The number of benzene rings is 2. The summed E-state index contributed by atoms with van der Waals surface area (Å²) < 4.78 is 2.15. The van der Waals surface area contributed by atoms with E-state index in [1.165, 1.54) is 12.7 Å². The van der Waals surface area contributed by atoms with Gasteiger partial charge in [0.2, 0.25) is 0 Å². The third kappa shape index (κ3) is 4.99. The van der Waals surface area contributed by atoms with Gasteiger partial charge in [-0.2, -0.15) is 0 Å². The van der Waals surface area contributed by atoms with Gasteiger partial charge in [-0.05, 0) is 50.1 Å². The molecular weight excluding hydrogens is 503 g/mol. The summed E-state index contributed by atoms with van der Waals surface area (Å²) in [6.07, 6.45) is 4.99. The van der Waals surface area contributed by atoms with Crippen molar-refractivity contribution < 1.29 is 9.90 Å². The SMILES string of the molecule is Cc1cc2c(Cl)ccc(Cl)c2n1CCNc1cc(-c2ccc(C(=O)O)c(SC3CCC3)c2)ncn1. The highest BCUT2D eigenvalue weighted by Crippen LogP contribution is 2.39. The molecular formula is C26H24Cl2N4O2S. The Kier molecular flexibility index (Phi) is 6.91. The maximum absolute atomic E-state index is 11.7. The van der Waals surface area contributed by atoms with Crippen molar-refractivity contribution in [3.8, 4) is 11.3 Å². The maximum Gasteiger partial charge on any atom is 0.336 e. The van der Waals surface area contributed by atoms with Gasteiger partial charge in [0.15, 0.2) is 0 Å². The van der Waals surface area contributed by atoms with Gasteiger partial charge in [0.1, 0.15) is 12.1 Å². The van der Waals surface area contributed by atoms with Gasteiger partial charge in [-0.25, -0.2) is 14.8 Å². The van der Waals surface area contributed by atoms with Crippen molar-refractivity contribution in [1.82, 2.24) is 14.5 Å². The third-order valence-electron chi connectivity index (χ3n) is 6.33. The molecule has 0 unspecified atom stereocenters. The smallest absolute Gasteiger partial charge is 0.336 e. The molecule has 4 aromatic rings. The highest BCUT2D eigenvalue weighted by Gasteiger charge is 2.22. The Bertz CT molecular complexity index is 1420. The summed E-state index contributed by atoms with van der Waals surface area (Å²) >= 11 is 14.5. The van der Waals surface area contributed by atoms with E-state index >= 15 is 0 Å². The highest BCUT2D eigenvalue weighted by molar-refractivity contribution is 8.00. The second-order valence-corrected chi connectivity index (χ2v) is 10.8. The number of nitrogens with zero attached hydrogens (tertiary/aromatic N) is 3. The van der Waals surface area contributed by atoms with E-state index in [0.717, 1.165) is 45.6 Å². The topological polar surface area (TPSA) is 80.0 Å². The Morgan fingerprint density at radius 1 is 1.14 bits per heavy atom. The number of hydrogen-bond donors (Lipinski definition) is 2. The van der Waals surface area contributed by atoms with E-state index in [1.54, 1.807) is 17.8 Å². The molecule has 5 rings (SSSR count). The zero-order valence-electron chi connectivity index (χ0n) is 19.1. The summed E-state index contributed by atoms with van der Waals surface area (Å²) in [6, 6.07) is 13.0. The number of nitrogens with one attached hydrogen (secondary N) is 1. The molecule has 0 spiro atoms. The lowest BCUT2D eigenvalue weighted by atomic mass is 10.00. The van der Waals surface area contributed by atoms with E-state index in [-0.39, 0.29) is 0 Å². The number of aromatic carboxylic acids is 1. The molecule has 0 aliphatic heterocycles. The van der Waals surface area contributed by atoms with E-state index < -0.39 is 5.97 Å². The van der Waals surface area contributed by atoms with Gasteiger partial charge in [-0.15, -0.1) is 11.8 Å². The number of carbonyl (C=O) groups is 1. The molecule has 1 aliphatic rings. The Balaban J connectivity index is 1.33. The van der Waals surface area contributed by atoms with Crippen molar-refractivity contribution in [2.24, 2.45) is 0 Å². The molecule has 9 heteroatoms. The summed E-state index contributed by atoms with van der Waals surface area (Å²) in [7, 11) is 0. The van der Waals surface area contributed by atoms with Gasteiger partial charge in [0.05, 0.1) is 26.8 Å². The Morgan fingerprint density at radius 3 is 2.69 bits per heavy atom. The lowest BCUT2D eigenvalue weighted by molar-refractivity contribution is 0.0693. The van der Waals surface area contributed by atoms with Crippen LogP contribution in [-0.4, -0.2) is 37.4 Å². The van der Waals surface area contributed by atoms with Gasteiger partial charge in [-0.3, -0.25) is 0 Å². The monoisotopic (exact) mass is 526 g/mol. The first-order valence-electron chi connectivity index (χ1n) is 11.4. The number of fused-ring (bicyclic) bond motifs is 1. The summed E-state index contributed by atoms with van der Waals surface area (Å²) in [5.74, 6) is -0.207. The average molecular weight is 527 g/mol. The summed E-state index contributed by atoms with van der Waals surface area (Å²) in [5, 5.41) is 15.8. The number of thioether (sulfide) groups is 1. The van der Waals surface area contributed by atoms with Crippen LogP contribution >= 0.6 is 35.0 Å². The molecule has 1 aliphatic carbocycles. The van der Waals surface area contributed by atoms with Crippen molar-refractivity contribution in [3.63, 3.8) is 0 Å². The molecule has 0 atom stereocenters. The Labute approximate surface area is 217 Å². The quantitative estimate of drug-likeness (QED) is 0.253. The van der Waals surface area contributed by atoms with Gasteiger partial charge >= 0.3 is 5.97 Å². The summed E-state index contributed by atoms with van der Waals surface area (Å²) in [4.78, 5) is 21.3. The van der Waals surface area contributed by atoms with Crippen LogP contribution in [0, 0.1) is 6.92 Å². The van der Waals surface area contributed by atoms with Gasteiger partial charge in [0, 0.05) is 45.9 Å². The van der Waals surface area contributed by atoms with Crippen LogP contribution in [0.4, 0.5) is 5.82 Å². The van der Waals surface area contributed by atoms with Gasteiger partial charge < -0.3 is 15.0 Å². The molecule has 180 valence electrons. The van der Waals surface area contributed by atoms with E-state index in [0.29, 0.717) is 39.8 Å². The predicted molar refractivity (Wildman–Crippen MR) is 143 cm³/mol. The van der Waals surface area contributed by atoms with Crippen LogP contribution in [0.3, 0.4) is 0 Å². The number of rotatable bonds is 8. The van der Waals surface area contributed by atoms with Crippen LogP contribution in [0.2, 0.25) is 10.0 Å². The molecule has 0 amide bonds. The fraction of sp³-hybridized carbons (Fsp3) is 0.269. The van der Waals surface area contributed by atoms with Gasteiger partial charge in [-0.1, -0.05) is 35.7 Å². The molecule has 1 fully saturated rings. The van der Waals surface area contributed by atoms with Crippen LogP contribution in [0.25, 0.3) is 22.2 Å². The lowest BCUT2D eigenvalue weighted by Crippen LogP contribution is -2.14. The van der Waals surface area contributed by atoms with Crippen LogP contribution in [0.5, 0.6) is 0 Å². The number of anilines is 1. The molecule has 2 aromatic carbocycles. The molecule has 2 N–H and O–H groups in total. The average Bonchev–Trinajstić information content (AvgIpc) is 3.16. The number of carboxylic acid groups (broad SMARTS) is 1. The van der Waals surface area contributed by atoms with Crippen molar-refractivity contribution in [2.75, 3.05) is 11.9 Å². The van der Waals surface area contributed by atoms with Crippen LogP contribution in [0.1, 0.15) is 35.3 Å². The lowest BCUT2D eigenvalue weighted by Gasteiger charge is -2.25. The first-order chi connectivity index (χ1) is 16.9. The number of halogens is 2. The Morgan fingerprint density at radius 2 is 1.94 bits per heavy atom. The molecule has 35 heavy (non-hydrogen) atoms. The number of hydrogen-bond acceptors (Lipinski definition) is 5. The first-order valence-corrected chi connectivity index (χ1v) is 13.1. The molecule has 2 aromatic heterocycles. The Hall–Kier alpha value is -2.74. The van der Waals surface area contributed by atoms with Crippen LogP contribution in [-0.2, 0) is 6.54 Å². The molecule has 0 bridgehead atoms. The molecule has 1 saturated carbocycles. The zero-order chi connectivity index (χ0) is 24.5. The standard InChI is InChI=1S/C26H24Cl2N4O2S/c1-15-11-19-20(27)7-8-21(28)25(19)32(15)10-9-29-24-13-22(30-14-31-24)16-5-6-18(26(33)34)23(12-16)35-17-3-2-4-17/h5-8,11-14,17H,2-4,9-10H2,1H3,(H,33,34)(H,29,30,31). The van der Waals surface area contributed by atoms with Crippen LogP contribution in [0.15, 0.2) is 53.7 Å². The second-order valence-electron chi connectivity index (χ2n) is 8.63. The largest absolute Gasteiger partial charge is 0.478 e. The van der Waals surface area contributed by atoms with Crippen molar-refractivity contribution in [1.29, 1.82) is 0 Å². The van der Waals surface area contributed by atoms with Gasteiger partial charge in [0.25, 0.3) is 0 Å². The third-order valence-corrected chi connectivity index (χ3v) is 8.36. The van der Waals surface area contributed by atoms with Crippen molar-refractivity contribution in [2.45, 2.75) is 42.9 Å². The first kappa shape index (κ1) is 24.0. The van der Waals surface area contributed by atoms with E-state index in [9.17, 15) is 9.90 Å². The van der Waals surface area contributed by atoms with E-state index in [1.807, 2.05) is 43.3 Å². The molecule has 0 radical (unpaired) electrons. The van der Waals surface area contributed by atoms with E-state index in [2.05, 4.69) is 19.9 Å². The van der Waals surface area contributed by atoms with Crippen molar-refractivity contribution in [3.05, 3.63) is 70.1 Å².